The van der Waals surface area contributed by atoms with Gasteiger partial charge < -0.3 is 10.0 Å². The number of amides is 3. The van der Waals surface area contributed by atoms with Crippen LogP contribution in [-0.2, 0) is 9.59 Å². The number of carboxylic acid groups (broad SMARTS) is 1. The molecule has 0 atom stereocenters. The molecular weight excluding hydrogens is 248 g/mol. The molecular formula is C13H22N2O4. The van der Waals surface area contributed by atoms with Crippen LogP contribution in [0, 0.1) is 0 Å². The molecule has 0 radical (unpaired) electrons. The number of unbranched alkanes of at least 4 members (excludes halogenated alkanes) is 2. The smallest absolute Gasteiger partial charge is 0.328 e. The number of aliphatic carboxylic acids is 1. The van der Waals surface area contributed by atoms with Crippen LogP contribution < -0.4 is 5.32 Å². The van der Waals surface area contributed by atoms with Crippen LogP contribution in [0.2, 0.25) is 0 Å². The molecule has 0 spiro atoms. The van der Waals surface area contributed by atoms with Crippen molar-refractivity contribution in [1.82, 2.24) is 10.2 Å². The highest BCUT2D eigenvalue weighted by Crippen LogP contribution is 2.03. The van der Waals surface area contributed by atoms with Crippen molar-refractivity contribution in [2.45, 2.75) is 46.1 Å². The third-order valence-electron chi connectivity index (χ3n) is 2.49. The summed E-state index contributed by atoms with van der Waals surface area (Å²) in [6, 6.07) is -0.515. The summed E-state index contributed by atoms with van der Waals surface area (Å²) in [7, 11) is 0. The second kappa shape index (κ2) is 9.13. The van der Waals surface area contributed by atoms with Crippen LogP contribution in [-0.4, -0.2) is 40.5 Å². The molecule has 0 aliphatic carbocycles. The lowest BCUT2D eigenvalue weighted by atomic mass is 10.2. The molecule has 0 bridgehead atoms. The highest BCUT2D eigenvalue weighted by molar-refractivity contribution is 6.02. The first-order valence-corrected chi connectivity index (χ1v) is 6.41. The number of carboxylic acids is 1. The van der Waals surface area contributed by atoms with Gasteiger partial charge in [0.05, 0.1) is 0 Å². The van der Waals surface area contributed by atoms with E-state index < -0.39 is 17.9 Å². The molecule has 0 aromatic heterocycles. The van der Waals surface area contributed by atoms with Crippen molar-refractivity contribution in [2.24, 2.45) is 0 Å². The SMILES string of the molecule is CCCCCN(C(=O)NC(=O)C=CC(=O)O)C(C)C. The Bertz CT molecular complexity index is 351. The van der Waals surface area contributed by atoms with Crippen molar-refractivity contribution in [1.29, 1.82) is 0 Å². The molecule has 0 unspecified atom stereocenters. The summed E-state index contributed by atoms with van der Waals surface area (Å²) < 4.78 is 0. The summed E-state index contributed by atoms with van der Waals surface area (Å²) >= 11 is 0. The fourth-order valence-corrected chi connectivity index (χ4v) is 1.49. The first kappa shape index (κ1) is 17.2. The predicted molar refractivity (Wildman–Crippen MR) is 71.7 cm³/mol. The van der Waals surface area contributed by atoms with Gasteiger partial charge in [-0.05, 0) is 20.3 Å². The molecule has 0 aliphatic rings. The number of carbonyl (C=O) groups is 3. The molecule has 0 heterocycles. The Morgan fingerprint density at radius 2 is 1.84 bits per heavy atom. The van der Waals surface area contributed by atoms with E-state index in [9.17, 15) is 14.4 Å². The second-order valence-corrected chi connectivity index (χ2v) is 4.46. The Hall–Kier alpha value is -1.85. The average molecular weight is 270 g/mol. The quantitative estimate of drug-likeness (QED) is 0.545. The molecule has 0 fully saturated rings. The molecule has 19 heavy (non-hydrogen) atoms. The Balaban J connectivity index is 4.39. The van der Waals surface area contributed by atoms with Gasteiger partial charge in [0.25, 0.3) is 5.91 Å². The number of hydrogen-bond acceptors (Lipinski definition) is 3. The Morgan fingerprint density at radius 3 is 2.32 bits per heavy atom. The van der Waals surface area contributed by atoms with E-state index in [0.29, 0.717) is 12.6 Å². The lowest BCUT2D eigenvalue weighted by Gasteiger charge is -2.26. The first-order chi connectivity index (χ1) is 8.88. The number of nitrogens with zero attached hydrogens (tertiary/aromatic N) is 1. The molecule has 0 saturated heterocycles. The summed E-state index contributed by atoms with van der Waals surface area (Å²) in [6.45, 7) is 6.37. The molecule has 0 aromatic carbocycles. The van der Waals surface area contributed by atoms with Gasteiger partial charge in [0, 0.05) is 24.7 Å². The van der Waals surface area contributed by atoms with Crippen molar-refractivity contribution in [2.75, 3.05) is 6.54 Å². The van der Waals surface area contributed by atoms with Crippen LogP contribution in [0.5, 0.6) is 0 Å². The van der Waals surface area contributed by atoms with E-state index in [4.69, 9.17) is 5.11 Å². The molecule has 6 heteroatoms. The summed E-state index contributed by atoms with van der Waals surface area (Å²) in [4.78, 5) is 35.0. The number of nitrogens with one attached hydrogen (secondary N) is 1. The van der Waals surface area contributed by atoms with E-state index in [1.54, 1.807) is 4.90 Å². The number of imide groups is 1. The van der Waals surface area contributed by atoms with E-state index >= 15 is 0 Å². The Labute approximate surface area is 113 Å². The zero-order valence-corrected chi connectivity index (χ0v) is 11.7. The van der Waals surface area contributed by atoms with Crippen molar-refractivity contribution in [3.8, 4) is 0 Å². The lowest BCUT2D eigenvalue weighted by Crippen LogP contribution is -2.46. The molecule has 3 amide bonds. The maximum absolute atomic E-state index is 11.8. The largest absolute Gasteiger partial charge is 0.478 e. The van der Waals surface area contributed by atoms with Gasteiger partial charge in [-0.2, -0.15) is 0 Å². The van der Waals surface area contributed by atoms with E-state index in [0.717, 1.165) is 25.3 Å². The Morgan fingerprint density at radius 1 is 1.21 bits per heavy atom. The Kier molecular flexibility index (Phi) is 8.24. The zero-order valence-electron chi connectivity index (χ0n) is 11.7. The van der Waals surface area contributed by atoms with Crippen molar-refractivity contribution >= 4 is 17.9 Å². The van der Waals surface area contributed by atoms with Gasteiger partial charge in [-0.15, -0.1) is 0 Å². The molecule has 2 N–H and O–H groups in total. The minimum Gasteiger partial charge on any atom is -0.478 e. The zero-order chi connectivity index (χ0) is 14.8. The summed E-state index contributed by atoms with van der Waals surface area (Å²) in [6.07, 6.45) is 4.46. The third kappa shape index (κ3) is 7.96. The monoisotopic (exact) mass is 270 g/mol. The maximum atomic E-state index is 11.8. The van der Waals surface area contributed by atoms with Crippen LogP contribution >= 0.6 is 0 Å². The van der Waals surface area contributed by atoms with Crippen molar-refractivity contribution in [3.05, 3.63) is 12.2 Å². The highest BCUT2D eigenvalue weighted by atomic mass is 16.4. The van der Waals surface area contributed by atoms with Crippen LogP contribution in [0.1, 0.15) is 40.0 Å². The summed E-state index contributed by atoms with van der Waals surface area (Å²) in [5.74, 6) is -1.96. The molecule has 0 aliphatic heterocycles. The number of hydrogen-bond donors (Lipinski definition) is 2. The fraction of sp³-hybridized carbons (Fsp3) is 0.615. The molecule has 0 aromatic rings. The second-order valence-electron chi connectivity index (χ2n) is 4.46. The van der Waals surface area contributed by atoms with E-state index in [-0.39, 0.29) is 6.04 Å². The van der Waals surface area contributed by atoms with Crippen molar-refractivity contribution < 1.29 is 19.5 Å². The van der Waals surface area contributed by atoms with Gasteiger partial charge in [-0.1, -0.05) is 19.8 Å². The van der Waals surface area contributed by atoms with Gasteiger partial charge >= 0.3 is 12.0 Å². The van der Waals surface area contributed by atoms with Gasteiger partial charge in [0.1, 0.15) is 0 Å². The van der Waals surface area contributed by atoms with E-state index in [1.165, 1.54) is 0 Å². The van der Waals surface area contributed by atoms with E-state index in [2.05, 4.69) is 12.2 Å². The highest BCUT2D eigenvalue weighted by Gasteiger charge is 2.17. The van der Waals surface area contributed by atoms with Gasteiger partial charge in [-0.3, -0.25) is 10.1 Å². The summed E-state index contributed by atoms with van der Waals surface area (Å²) in [5, 5.41) is 10.5. The van der Waals surface area contributed by atoms with E-state index in [1.807, 2.05) is 13.8 Å². The maximum Gasteiger partial charge on any atom is 0.328 e. The van der Waals surface area contributed by atoms with Gasteiger partial charge in [-0.25, -0.2) is 9.59 Å². The molecule has 108 valence electrons. The van der Waals surface area contributed by atoms with Gasteiger partial charge in [0.15, 0.2) is 0 Å². The normalized spacial score (nSPS) is 10.7. The van der Waals surface area contributed by atoms with Crippen LogP contribution in [0.3, 0.4) is 0 Å². The molecule has 0 rings (SSSR count). The summed E-state index contributed by atoms with van der Waals surface area (Å²) in [5.41, 5.74) is 0. The molecule has 0 saturated carbocycles. The van der Waals surface area contributed by atoms with Crippen LogP contribution in [0.15, 0.2) is 12.2 Å². The van der Waals surface area contributed by atoms with Gasteiger partial charge in [0.2, 0.25) is 0 Å². The van der Waals surface area contributed by atoms with Crippen LogP contribution in [0.4, 0.5) is 4.79 Å². The number of rotatable bonds is 7. The number of urea groups is 1. The minimum absolute atomic E-state index is 0.0203. The standard InChI is InChI=1S/C13H22N2O4/c1-4-5-6-9-15(10(2)3)13(19)14-11(16)7-8-12(17)18/h7-8,10H,4-6,9H2,1-3H3,(H,17,18)(H,14,16,19). The molecule has 6 nitrogen and oxygen atoms in total. The number of carbonyl (C=O) groups excluding carboxylic acids is 2. The minimum atomic E-state index is -1.23. The average Bonchev–Trinajstić information content (AvgIpc) is 2.31. The van der Waals surface area contributed by atoms with Crippen LogP contribution in [0.25, 0.3) is 0 Å². The first-order valence-electron chi connectivity index (χ1n) is 6.41. The lowest BCUT2D eigenvalue weighted by molar-refractivity contribution is -0.131. The fourth-order valence-electron chi connectivity index (χ4n) is 1.49. The van der Waals surface area contributed by atoms with Crippen molar-refractivity contribution in [3.63, 3.8) is 0 Å². The predicted octanol–water partition coefficient (Wildman–Crippen LogP) is 1.76. The third-order valence-corrected chi connectivity index (χ3v) is 2.49. The topological polar surface area (TPSA) is 86.7 Å².